The van der Waals surface area contributed by atoms with Crippen molar-refractivity contribution in [2.75, 3.05) is 9.80 Å². The lowest BCUT2D eigenvalue weighted by Gasteiger charge is -2.26. The van der Waals surface area contributed by atoms with E-state index in [0.717, 1.165) is 22.7 Å². The van der Waals surface area contributed by atoms with E-state index in [1.54, 1.807) is 24.3 Å². The number of rotatable bonds is 10. The number of ether oxygens (including phenoxy) is 1. The van der Waals surface area contributed by atoms with E-state index in [9.17, 15) is 20.2 Å². The predicted molar refractivity (Wildman–Crippen MR) is 176 cm³/mol. The molecule has 6 aromatic rings. The first kappa shape index (κ1) is 28.6. The summed E-state index contributed by atoms with van der Waals surface area (Å²) in [5.41, 5.74) is 5.04. The van der Waals surface area contributed by atoms with Gasteiger partial charge in [0, 0.05) is 58.4 Å². The van der Waals surface area contributed by atoms with E-state index in [-0.39, 0.29) is 11.4 Å². The van der Waals surface area contributed by atoms with Crippen molar-refractivity contribution in [2.24, 2.45) is 0 Å². The van der Waals surface area contributed by atoms with Gasteiger partial charge < -0.3 is 14.5 Å². The number of para-hydroxylation sites is 2. The first-order valence-electron chi connectivity index (χ1n) is 14.0. The molecule has 0 heterocycles. The minimum Gasteiger partial charge on any atom is -0.457 e. The Hall–Kier alpha value is -6.48. The van der Waals surface area contributed by atoms with Crippen molar-refractivity contribution in [3.05, 3.63) is 178 Å². The third-order valence-corrected chi connectivity index (χ3v) is 7.09. The molecule has 6 rings (SSSR count). The van der Waals surface area contributed by atoms with Crippen LogP contribution in [0.3, 0.4) is 0 Å². The van der Waals surface area contributed by atoms with E-state index in [0.29, 0.717) is 22.9 Å². The van der Waals surface area contributed by atoms with Crippen LogP contribution in [0.1, 0.15) is 0 Å². The zero-order valence-electron chi connectivity index (χ0n) is 23.8. The summed E-state index contributed by atoms with van der Waals surface area (Å²) in [6.07, 6.45) is 0. The van der Waals surface area contributed by atoms with Crippen molar-refractivity contribution in [1.82, 2.24) is 0 Å². The Balaban J connectivity index is 1.25. The molecule has 0 bridgehead atoms. The van der Waals surface area contributed by atoms with Crippen LogP contribution in [0.2, 0.25) is 0 Å². The van der Waals surface area contributed by atoms with Gasteiger partial charge in [0.1, 0.15) is 11.5 Å². The molecule has 0 aromatic heterocycles. The molecule has 0 aliphatic rings. The Kier molecular flexibility index (Phi) is 8.15. The van der Waals surface area contributed by atoms with Crippen LogP contribution in [0.5, 0.6) is 11.5 Å². The van der Waals surface area contributed by atoms with E-state index in [1.165, 1.54) is 24.3 Å². The molecule has 0 radical (unpaired) electrons. The molecule has 0 aliphatic carbocycles. The number of nitro groups is 2. The van der Waals surface area contributed by atoms with E-state index in [1.807, 2.05) is 89.8 Å². The maximum absolute atomic E-state index is 11.2. The van der Waals surface area contributed by atoms with Crippen LogP contribution in [0, 0.1) is 20.2 Å². The van der Waals surface area contributed by atoms with Gasteiger partial charge in [-0.15, -0.1) is 0 Å². The number of nitrogens with zero attached hydrogens (tertiary/aromatic N) is 4. The van der Waals surface area contributed by atoms with Gasteiger partial charge >= 0.3 is 0 Å². The van der Waals surface area contributed by atoms with Gasteiger partial charge in [0.2, 0.25) is 0 Å². The maximum Gasteiger partial charge on any atom is 0.269 e. The highest BCUT2D eigenvalue weighted by molar-refractivity contribution is 5.78. The average molecular weight is 595 g/mol. The zero-order chi connectivity index (χ0) is 31.2. The Morgan fingerprint density at radius 3 is 0.933 bits per heavy atom. The van der Waals surface area contributed by atoms with E-state index in [2.05, 4.69) is 29.2 Å². The molecule has 0 N–H and O–H groups in total. The lowest BCUT2D eigenvalue weighted by atomic mass is 10.1. The summed E-state index contributed by atoms with van der Waals surface area (Å²) in [6, 6.07) is 47.8. The Labute approximate surface area is 259 Å². The highest BCUT2D eigenvalue weighted by Gasteiger charge is 2.17. The second kappa shape index (κ2) is 12.8. The van der Waals surface area contributed by atoms with Crippen LogP contribution in [0.25, 0.3) is 0 Å². The number of anilines is 6. The third-order valence-electron chi connectivity index (χ3n) is 7.09. The van der Waals surface area contributed by atoms with Gasteiger partial charge in [-0.3, -0.25) is 20.2 Å². The minimum atomic E-state index is -0.459. The first-order chi connectivity index (χ1) is 22.0. The lowest BCUT2D eigenvalue weighted by Crippen LogP contribution is -2.10. The van der Waals surface area contributed by atoms with Gasteiger partial charge in [-0.05, 0) is 97.1 Å². The van der Waals surface area contributed by atoms with E-state index in [4.69, 9.17) is 4.74 Å². The van der Waals surface area contributed by atoms with Crippen LogP contribution in [-0.2, 0) is 0 Å². The topological polar surface area (TPSA) is 102 Å². The quantitative estimate of drug-likeness (QED) is 0.115. The van der Waals surface area contributed by atoms with Gasteiger partial charge in [-0.2, -0.15) is 0 Å². The third kappa shape index (κ3) is 6.47. The number of hydrogen-bond donors (Lipinski definition) is 0. The predicted octanol–water partition coefficient (Wildman–Crippen LogP) is 10.2. The van der Waals surface area contributed by atoms with Gasteiger partial charge in [0.05, 0.1) is 9.85 Å². The monoisotopic (exact) mass is 594 g/mol. The van der Waals surface area contributed by atoms with Crippen LogP contribution < -0.4 is 14.5 Å². The molecule has 0 aliphatic heterocycles. The molecule has 220 valence electrons. The summed E-state index contributed by atoms with van der Waals surface area (Å²) in [4.78, 5) is 25.5. The van der Waals surface area contributed by atoms with Crippen molar-refractivity contribution < 1.29 is 14.6 Å². The van der Waals surface area contributed by atoms with Gasteiger partial charge in [-0.1, -0.05) is 36.4 Å². The minimum absolute atomic E-state index is 0.0344. The molecule has 0 spiro atoms. The fourth-order valence-corrected chi connectivity index (χ4v) is 4.96. The summed E-state index contributed by atoms with van der Waals surface area (Å²) in [7, 11) is 0. The number of nitro benzene ring substituents is 2. The Morgan fingerprint density at radius 2 is 0.644 bits per heavy atom. The van der Waals surface area contributed by atoms with Gasteiger partial charge in [0.25, 0.3) is 11.4 Å². The smallest absolute Gasteiger partial charge is 0.269 e. The summed E-state index contributed by atoms with van der Waals surface area (Å²) < 4.78 is 6.17. The second-order valence-electron chi connectivity index (χ2n) is 9.98. The molecule has 0 fully saturated rings. The molecular formula is C36H26N4O5. The van der Waals surface area contributed by atoms with Crippen LogP contribution in [0.15, 0.2) is 158 Å². The van der Waals surface area contributed by atoms with Crippen molar-refractivity contribution >= 4 is 45.5 Å². The lowest BCUT2D eigenvalue weighted by molar-refractivity contribution is -0.385. The molecule has 0 unspecified atom stereocenters. The molecular weight excluding hydrogens is 568 g/mol. The Morgan fingerprint density at radius 1 is 0.378 bits per heavy atom. The summed E-state index contributed by atoms with van der Waals surface area (Å²) in [5.74, 6) is 1.27. The highest BCUT2D eigenvalue weighted by atomic mass is 16.6. The van der Waals surface area contributed by atoms with Crippen molar-refractivity contribution in [2.45, 2.75) is 0 Å². The van der Waals surface area contributed by atoms with E-state index >= 15 is 0 Å². The molecule has 6 aromatic carbocycles. The van der Waals surface area contributed by atoms with Crippen LogP contribution in [0.4, 0.5) is 45.5 Å². The van der Waals surface area contributed by atoms with E-state index < -0.39 is 9.85 Å². The molecule has 9 nitrogen and oxygen atoms in total. The average Bonchev–Trinajstić information content (AvgIpc) is 3.08. The Bertz CT molecular complexity index is 1800. The largest absolute Gasteiger partial charge is 0.457 e. The molecule has 9 heteroatoms. The fraction of sp³-hybridized carbons (Fsp3) is 0. The molecule has 0 atom stereocenters. The summed E-state index contributed by atoms with van der Waals surface area (Å²) >= 11 is 0. The van der Waals surface area contributed by atoms with Crippen molar-refractivity contribution in [3.63, 3.8) is 0 Å². The molecule has 0 amide bonds. The first-order valence-corrected chi connectivity index (χ1v) is 14.0. The van der Waals surface area contributed by atoms with Gasteiger partial charge in [-0.25, -0.2) is 0 Å². The van der Waals surface area contributed by atoms with Crippen LogP contribution in [-0.4, -0.2) is 9.85 Å². The standard InChI is InChI=1S/C36H26N4O5/c41-39(42)33-15-11-29(12-16-33)38(30-13-17-34(18-14-30)40(43)44)32-21-25-36(26-22-32)45-35-23-19-31(20-24-35)37(27-7-3-1-4-8-27)28-9-5-2-6-10-28/h1-26H. The zero-order valence-corrected chi connectivity index (χ0v) is 23.8. The molecule has 0 saturated carbocycles. The van der Waals surface area contributed by atoms with Crippen molar-refractivity contribution in [3.8, 4) is 11.5 Å². The molecule has 0 saturated heterocycles. The van der Waals surface area contributed by atoms with Gasteiger partial charge in [0.15, 0.2) is 0 Å². The fourth-order valence-electron chi connectivity index (χ4n) is 4.96. The summed E-state index contributed by atoms with van der Waals surface area (Å²) in [6.45, 7) is 0. The number of hydrogen-bond acceptors (Lipinski definition) is 7. The second-order valence-corrected chi connectivity index (χ2v) is 9.98. The molecule has 45 heavy (non-hydrogen) atoms. The highest BCUT2D eigenvalue weighted by Crippen LogP contribution is 2.38. The summed E-state index contributed by atoms with van der Waals surface area (Å²) in [5, 5.41) is 22.4. The maximum atomic E-state index is 11.2. The SMILES string of the molecule is O=[N+]([O-])c1ccc(N(c2ccc(Oc3ccc(N(c4ccccc4)c4ccccc4)cc3)cc2)c2ccc([N+](=O)[O-])cc2)cc1. The van der Waals surface area contributed by atoms with Crippen LogP contribution >= 0.6 is 0 Å². The number of benzene rings is 6. The normalized spacial score (nSPS) is 10.6. The number of non-ortho nitro benzene ring substituents is 2. The van der Waals surface area contributed by atoms with Crippen molar-refractivity contribution in [1.29, 1.82) is 0 Å².